The first-order chi connectivity index (χ1) is 9.31. The topological polar surface area (TPSA) is 47.3 Å². The van der Waals surface area contributed by atoms with Gasteiger partial charge in [0.05, 0.1) is 6.20 Å². The largest absolute Gasteiger partial charge is 0.485 e. The fourth-order valence-corrected chi connectivity index (χ4v) is 1.92. The van der Waals surface area contributed by atoms with Crippen LogP contribution < -0.4 is 10.1 Å². The highest BCUT2D eigenvalue weighted by molar-refractivity contribution is 5.40. The number of rotatable bonds is 7. The molecule has 0 aliphatic carbocycles. The number of aromatic nitrogens is 1. The van der Waals surface area contributed by atoms with Gasteiger partial charge in [-0.2, -0.15) is 0 Å². The van der Waals surface area contributed by atoms with Crippen molar-refractivity contribution < 1.29 is 9.26 Å². The van der Waals surface area contributed by atoms with E-state index in [0.29, 0.717) is 6.61 Å². The number of ether oxygens (including phenoxy) is 1. The maximum atomic E-state index is 5.87. The molecule has 1 N–H and O–H groups in total. The van der Waals surface area contributed by atoms with Crippen molar-refractivity contribution in [2.45, 2.75) is 33.4 Å². The van der Waals surface area contributed by atoms with Crippen molar-refractivity contribution in [2.24, 2.45) is 0 Å². The zero-order valence-corrected chi connectivity index (χ0v) is 11.5. The van der Waals surface area contributed by atoms with E-state index in [0.717, 1.165) is 36.6 Å². The van der Waals surface area contributed by atoms with Crippen molar-refractivity contribution in [3.63, 3.8) is 0 Å². The molecule has 0 aliphatic rings. The molecular weight excluding hydrogens is 240 g/mol. The summed E-state index contributed by atoms with van der Waals surface area (Å²) < 4.78 is 10.9. The summed E-state index contributed by atoms with van der Waals surface area (Å²) >= 11 is 0. The highest BCUT2D eigenvalue weighted by Gasteiger charge is 2.08. The Labute approximate surface area is 113 Å². The molecule has 4 nitrogen and oxygen atoms in total. The zero-order valence-electron chi connectivity index (χ0n) is 11.5. The third-order valence-corrected chi connectivity index (χ3v) is 2.89. The molecule has 1 heterocycles. The molecule has 4 heteroatoms. The van der Waals surface area contributed by atoms with Crippen LogP contribution in [0, 0.1) is 6.92 Å². The summed E-state index contributed by atoms with van der Waals surface area (Å²) in [4.78, 5) is 0. The Hall–Kier alpha value is -1.81. The first-order valence-electron chi connectivity index (χ1n) is 6.63. The minimum absolute atomic E-state index is 0.408. The van der Waals surface area contributed by atoms with Crippen LogP contribution in [0.25, 0.3) is 0 Å². The van der Waals surface area contributed by atoms with E-state index < -0.39 is 0 Å². The summed E-state index contributed by atoms with van der Waals surface area (Å²) in [6, 6.07) is 8.01. The van der Waals surface area contributed by atoms with Gasteiger partial charge in [0, 0.05) is 18.2 Å². The van der Waals surface area contributed by atoms with Gasteiger partial charge in [0.1, 0.15) is 12.4 Å². The number of hydrogen-bond donors (Lipinski definition) is 1. The van der Waals surface area contributed by atoms with Crippen LogP contribution in [0.5, 0.6) is 5.75 Å². The van der Waals surface area contributed by atoms with Crippen molar-refractivity contribution in [3.05, 3.63) is 47.3 Å². The van der Waals surface area contributed by atoms with Crippen molar-refractivity contribution in [2.75, 3.05) is 6.54 Å². The van der Waals surface area contributed by atoms with Crippen molar-refractivity contribution in [3.8, 4) is 5.75 Å². The van der Waals surface area contributed by atoms with E-state index in [-0.39, 0.29) is 0 Å². The molecule has 0 spiro atoms. The summed E-state index contributed by atoms with van der Waals surface area (Å²) in [5.74, 6) is 1.67. The smallest absolute Gasteiger partial charge is 0.174 e. The monoisotopic (exact) mass is 260 g/mol. The Bertz CT molecular complexity index is 495. The van der Waals surface area contributed by atoms with Gasteiger partial charge in [-0.05, 0) is 25.5 Å². The molecule has 1 aromatic heterocycles. The molecule has 0 saturated heterocycles. The van der Waals surface area contributed by atoms with E-state index in [4.69, 9.17) is 9.26 Å². The Morgan fingerprint density at radius 1 is 1.32 bits per heavy atom. The lowest BCUT2D eigenvalue weighted by atomic mass is 10.1. The number of nitrogens with one attached hydrogen (secondary N) is 1. The van der Waals surface area contributed by atoms with Crippen LogP contribution >= 0.6 is 0 Å². The van der Waals surface area contributed by atoms with Crippen molar-refractivity contribution >= 4 is 0 Å². The van der Waals surface area contributed by atoms with Gasteiger partial charge in [0.25, 0.3) is 0 Å². The molecule has 2 aromatic rings. The fraction of sp³-hybridized carbons (Fsp3) is 0.400. The molecule has 102 valence electrons. The molecule has 0 fully saturated rings. The van der Waals surface area contributed by atoms with E-state index >= 15 is 0 Å². The molecule has 0 saturated carbocycles. The van der Waals surface area contributed by atoms with Gasteiger partial charge in [0.15, 0.2) is 5.76 Å². The van der Waals surface area contributed by atoms with Crippen molar-refractivity contribution in [1.82, 2.24) is 10.5 Å². The lowest BCUT2D eigenvalue weighted by Gasteiger charge is -2.13. The average Bonchev–Trinajstić information content (AvgIpc) is 2.91. The van der Waals surface area contributed by atoms with Gasteiger partial charge in [-0.3, -0.25) is 0 Å². The molecule has 2 rings (SSSR count). The lowest BCUT2D eigenvalue weighted by molar-refractivity contribution is 0.245. The summed E-state index contributed by atoms with van der Waals surface area (Å²) in [5.41, 5.74) is 2.31. The molecule has 0 atom stereocenters. The third-order valence-electron chi connectivity index (χ3n) is 2.89. The first-order valence-corrected chi connectivity index (χ1v) is 6.63. The first kappa shape index (κ1) is 13.6. The molecule has 19 heavy (non-hydrogen) atoms. The summed E-state index contributed by atoms with van der Waals surface area (Å²) in [7, 11) is 0. The van der Waals surface area contributed by atoms with E-state index in [1.165, 1.54) is 5.56 Å². The van der Waals surface area contributed by atoms with Crippen LogP contribution in [0.1, 0.15) is 30.2 Å². The van der Waals surface area contributed by atoms with Crippen LogP contribution in [-0.4, -0.2) is 11.7 Å². The summed E-state index contributed by atoms with van der Waals surface area (Å²) in [6.07, 6.45) is 2.75. The second-order valence-corrected chi connectivity index (χ2v) is 4.51. The minimum Gasteiger partial charge on any atom is -0.485 e. The van der Waals surface area contributed by atoms with Crippen LogP contribution in [0.4, 0.5) is 0 Å². The molecule has 0 unspecified atom stereocenters. The summed E-state index contributed by atoms with van der Waals surface area (Å²) in [6.45, 7) is 6.45. The Kier molecular flexibility index (Phi) is 4.98. The molecule has 1 aromatic carbocycles. The van der Waals surface area contributed by atoms with Gasteiger partial charge in [0.2, 0.25) is 0 Å². The maximum Gasteiger partial charge on any atom is 0.174 e. The van der Waals surface area contributed by atoms with Gasteiger partial charge >= 0.3 is 0 Å². The van der Waals surface area contributed by atoms with Crippen molar-refractivity contribution in [1.29, 1.82) is 0 Å². The number of nitrogens with zero attached hydrogens (tertiary/aromatic N) is 1. The highest BCUT2D eigenvalue weighted by Crippen LogP contribution is 2.24. The third kappa shape index (κ3) is 3.83. The van der Waals surface area contributed by atoms with Gasteiger partial charge in [-0.1, -0.05) is 30.3 Å². The van der Waals surface area contributed by atoms with E-state index in [1.54, 1.807) is 6.20 Å². The Morgan fingerprint density at radius 2 is 2.21 bits per heavy atom. The quantitative estimate of drug-likeness (QED) is 0.777. The van der Waals surface area contributed by atoms with E-state index in [9.17, 15) is 0 Å². The number of para-hydroxylation sites is 1. The fourth-order valence-electron chi connectivity index (χ4n) is 1.92. The van der Waals surface area contributed by atoms with Crippen LogP contribution in [0.3, 0.4) is 0 Å². The second-order valence-electron chi connectivity index (χ2n) is 4.51. The normalized spacial score (nSPS) is 10.6. The average molecular weight is 260 g/mol. The van der Waals surface area contributed by atoms with E-state index in [2.05, 4.69) is 42.5 Å². The zero-order chi connectivity index (χ0) is 13.5. The summed E-state index contributed by atoms with van der Waals surface area (Å²) in [5, 5.41) is 7.07. The number of aryl methyl sites for hydroxylation is 1. The number of hydrogen-bond acceptors (Lipinski definition) is 4. The molecule has 0 bridgehead atoms. The number of benzene rings is 1. The van der Waals surface area contributed by atoms with Gasteiger partial charge in [-0.25, -0.2) is 0 Å². The Balaban J connectivity index is 2.04. The minimum atomic E-state index is 0.408. The Morgan fingerprint density at radius 3 is 2.95 bits per heavy atom. The predicted molar refractivity (Wildman–Crippen MR) is 74.0 cm³/mol. The molecule has 0 radical (unpaired) electrons. The predicted octanol–water partition coefficient (Wildman–Crippen LogP) is 3.06. The SMILES string of the molecule is CCCNCc1cccc(C)c1OCc1ccno1. The van der Waals surface area contributed by atoms with Gasteiger partial charge in [-0.15, -0.1) is 0 Å². The lowest BCUT2D eigenvalue weighted by Crippen LogP contribution is -2.15. The molecule has 0 aliphatic heterocycles. The standard InChI is InChI=1S/C15H20N2O2/c1-3-8-16-10-13-6-4-5-12(2)15(13)18-11-14-7-9-17-19-14/h4-7,9,16H,3,8,10-11H2,1-2H3. The maximum absolute atomic E-state index is 5.87. The highest BCUT2D eigenvalue weighted by atomic mass is 16.5. The second kappa shape index (κ2) is 6.95. The van der Waals surface area contributed by atoms with Crippen LogP contribution in [0.15, 0.2) is 35.0 Å². The molecular formula is C15H20N2O2. The van der Waals surface area contributed by atoms with Gasteiger partial charge < -0.3 is 14.6 Å². The van der Waals surface area contributed by atoms with Crippen LogP contribution in [0.2, 0.25) is 0 Å². The van der Waals surface area contributed by atoms with Crippen LogP contribution in [-0.2, 0) is 13.2 Å². The molecule has 0 amide bonds. The van der Waals surface area contributed by atoms with E-state index in [1.807, 2.05) is 6.07 Å².